The van der Waals surface area contributed by atoms with E-state index in [0.717, 1.165) is 89.9 Å². The third-order valence-electron chi connectivity index (χ3n) is 8.95. The lowest BCUT2D eigenvalue weighted by molar-refractivity contribution is -0.166. The quantitative estimate of drug-likeness (QED) is 0.0346. The van der Waals surface area contributed by atoms with E-state index in [1.54, 1.807) is 6.08 Å². The maximum absolute atomic E-state index is 12.7. The molecule has 356 valence electrons. The Labute approximate surface area is 395 Å². The van der Waals surface area contributed by atoms with Gasteiger partial charge in [0.1, 0.15) is 13.2 Å². The molecule has 0 amide bonds. The van der Waals surface area contributed by atoms with Crippen molar-refractivity contribution in [2.45, 2.75) is 155 Å². The first kappa shape index (κ1) is 59.5. The second kappa shape index (κ2) is 51.1. The van der Waals surface area contributed by atoms with E-state index < -0.39 is 24.0 Å². The van der Waals surface area contributed by atoms with Crippen LogP contribution in [0.15, 0.2) is 182 Å². The summed E-state index contributed by atoms with van der Waals surface area (Å²) in [6.07, 6.45) is 77.8. The number of carbonyl (C=O) groups is 3. The minimum absolute atomic E-state index is 0.0560. The predicted molar refractivity (Wildman–Crippen MR) is 278 cm³/mol. The monoisotopic (exact) mass is 889 g/mol. The largest absolute Gasteiger partial charge is 0.462 e. The van der Waals surface area contributed by atoms with Crippen LogP contribution in [0, 0.1) is 0 Å². The van der Waals surface area contributed by atoms with Crippen molar-refractivity contribution in [3.63, 3.8) is 0 Å². The molecule has 0 aromatic heterocycles. The van der Waals surface area contributed by atoms with Crippen LogP contribution in [0.3, 0.4) is 0 Å². The predicted octanol–water partition coefficient (Wildman–Crippen LogP) is 16.2. The molecule has 0 fully saturated rings. The molecule has 0 N–H and O–H groups in total. The first-order valence-electron chi connectivity index (χ1n) is 24.3. The number of carbonyl (C=O) groups excluding carboxylic acids is 3. The highest BCUT2D eigenvalue weighted by molar-refractivity contribution is 5.72. The first-order chi connectivity index (χ1) is 32.0. The van der Waals surface area contributed by atoms with Gasteiger partial charge in [0.05, 0.1) is 6.42 Å². The Morgan fingerprint density at radius 3 is 0.800 bits per heavy atom. The second-order valence-corrected chi connectivity index (χ2v) is 14.9. The maximum atomic E-state index is 12.7. The number of esters is 3. The second-order valence-electron chi connectivity index (χ2n) is 14.9. The van der Waals surface area contributed by atoms with Gasteiger partial charge < -0.3 is 14.2 Å². The molecule has 65 heavy (non-hydrogen) atoms. The Morgan fingerprint density at radius 2 is 0.538 bits per heavy atom. The highest BCUT2D eigenvalue weighted by Gasteiger charge is 2.19. The summed E-state index contributed by atoms with van der Waals surface area (Å²) in [7, 11) is 0. The van der Waals surface area contributed by atoms with Crippen molar-refractivity contribution in [3.8, 4) is 0 Å². The Bertz CT molecular complexity index is 1630. The molecule has 1 atom stereocenters. The van der Waals surface area contributed by atoms with Crippen LogP contribution in [-0.4, -0.2) is 37.2 Å². The number of hydrogen-bond acceptors (Lipinski definition) is 6. The van der Waals surface area contributed by atoms with Gasteiger partial charge in [0.2, 0.25) is 0 Å². The molecule has 0 radical (unpaired) electrons. The normalized spacial score (nSPS) is 13.7. The summed E-state index contributed by atoms with van der Waals surface area (Å²) in [5.74, 6) is -1.30. The molecule has 0 aromatic carbocycles. The van der Waals surface area contributed by atoms with Gasteiger partial charge in [-0.15, -0.1) is 0 Å². The van der Waals surface area contributed by atoms with E-state index in [1.165, 1.54) is 0 Å². The maximum Gasteiger partial charge on any atom is 0.310 e. The summed E-state index contributed by atoms with van der Waals surface area (Å²) in [4.78, 5) is 37.8. The third kappa shape index (κ3) is 49.4. The first-order valence-corrected chi connectivity index (χ1v) is 24.3. The van der Waals surface area contributed by atoms with E-state index in [-0.39, 0.29) is 32.5 Å². The van der Waals surface area contributed by atoms with E-state index in [0.29, 0.717) is 19.3 Å². The Kier molecular flexibility index (Phi) is 46.8. The highest BCUT2D eigenvalue weighted by Crippen LogP contribution is 2.06. The van der Waals surface area contributed by atoms with Gasteiger partial charge >= 0.3 is 17.9 Å². The zero-order valence-corrected chi connectivity index (χ0v) is 40.4. The number of ether oxygens (including phenoxy) is 3. The fourth-order valence-corrected chi connectivity index (χ4v) is 5.44. The Hall–Kier alpha value is -5.49. The van der Waals surface area contributed by atoms with Gasteiger partial charge in [-0.3, -0.25) is 14.4 Å². The van der Waals surface area contributed by atoms with Crippen LogP contribution >= 0.6 is 0 Å². The lowest BCUT2D eigenvalue weighted by atomic mass is 10.2. The van der Waals surface area contributed by atoms with Gasteiger partial charge in [0.15, 0.2) is 6.10 Å². The van der Waals surface area contributed by atoms with Gasteiger partial charge in [-0.05, 0) is 109 Å². The van der Waals surface area contributed by atoms with E-state index in [9.17, 15) is 14.4 Å². The molecular formula is C59H84O6. The van der Waals surface area contributed by atoms with Crippen LogP contribution in [0.1, 0.15) is 149 Å². The highest BCUT2D eigenvalue weighted by atomic mass is 16.6. The zero-order chi connectivity index (χ0) is 47.2. The summed E-state index contributed by atoms with van der Waals surface area (Å²) >= 11 is 0. The standard InChI is InChI=1S/C59H84O6/c1-4-7-10-13-16-19-22-25-27-28-29-30-32-34-37-40-43-46-49-52-58(61)64-55-56(54-63-57(60)51-48-45-42-39-36-33-24-21-18-15-12-9-6-3)65-59(62)53-50-47-44-41-38-35-31-26-23-20-17-14-11-8-5-2/h7-12,16-21,25-27,29-31,33-34,36-38,41-43,45-47,50,56H,4-6,13-15,22-24,28,32,35,39-40,44,48-49,51-55H2,1-3H3/b10-7-,11-8-,12-9-,19-16-,20-17-,21-18-,27-25-,30-29-,31-26-,36-33-,37-34-,41-38-,45-42-,46-43-,50-47-. The van der Waals surface area contributed by atoms with Crippen molar-refractivity contribution in [1.29, 1.82) is 0 Å². The minimum Gasteiger partial charge on any atom is -0.462 e. The molecule has 0 heterocycles. The van der Waals surface area contributed by atoms with Crippen LogP contribution in [-0.2, 0) is 28.6 Å². The van der Waals surface area contributed by atoms with Crippen LogP contribution < -0.4 is 0 Å². The van der Waals surface area contributed by atoms with Gasteiger partial charge in [-0.1, -0.05) is 203 Å². The minimum atomic E-state index is -0.901. The summed E-state index contributed by atoms with van der Waals surface area (Å²) in [6.45, 7) is 6.03. The van der Waals surface area contributed by atoms with Crippen LogP contribution in [0.5, 0.6) is 0 Å². The van der Waals surface area contributed by atoms with Crippen LogP contribution in [0.4, 0.5) is 0 Å². The summed E-state index contributed by atoms with van der Waals surface area (Å²) in [5, 5.41) is 0. The average molecular weight is 889 g/mol. The lowest BCUT2D eigenvalue weighted by Crippen LogP contribution is -2.30. The summed E-state index contributed by atoms with van der Waals surface area (Å²) < 4.78 is 16.5. The van der Waals surface area contributed by atoms with Crippen molar-refractivity contribution in [3.05, 3.63) is 182 Å². The Balaban J connectivity index is 4.75. The van der Waals surface area contributed by atoms with Gasteiger partial charge in [0.25, 0.3) is 0 Å². The van der Waals surface area contributed by atoms with Gasteiger partial charge in [-0.25, -0.2) is 0 Å². The molecule has 0 rings (SSSR count). The molecule has 0 saturated heterocycles. The Morgan fingerprint density at radius 1 is 0.308 bits per heavy atom. The molecule has 0 aliphatic rings. The lowest BCUT2D eigenvalue weighted by Gasteiger charge is -2.17. The zero-order valence-electron chi connectivity index (χ0n) is 40.4. The van der Waals surface area contributed by atoms with Crippen LogP contribution in [0.25, 0.3) is 0 Å². The van der Waals surface area contributed by atoms with E-state index >= 15 is 0 Å². The van der Waals surface area contributed by atoms with Crippen molar-refractivity contribution in [2.24, 2.45) is 0 Å². The van der Waals surface area contributed by atoms with Crippen molar-refractivity contribution in [1.82, 2.24) is 0 Å². The molecule has 6 heteroatoms. The third-order valence-corrected chi connectivity index (χ3v) is 8.95. The SMILES string of the molecule is CC/C=C\C/C=C\C/C=C\C/C=C\C/C=C\C/C=C\CCC(=O)OCC(COC(=O)CC/C=C\C/C=C\C/C=C\C/C=C\CC)OC(=O)C/C=C\C/C=C\C/C=C\C/C=C\C/C=C\CC. The smallest absolute Gasteiger partial charge is 0.310 e. The molecule has 0 saturated carbocycles. The number of allylic oxidation sites excluding steroid dienone is 29. The molecule has 0 aliphatic carbocycles. The fourth-order valence-electron chi connectivity index (χ4n) is 5.44. The van der Waals surface area contributed by atoms with E-state index in [4.69, 9.17) is 14.2 Å². The number of rotatable bonds is 40. The summed E-state index contributed by atoms with van der Waals surface area (Å²) in [6, 6.07) is 0. The fraction of sp³-hybridized carbons (Fsp3) is 0.441. The molecule has 6 nitrogen and oxygen atoms in total. The van der Waals surface area contributed by atoms with Gasteiger partial charge in [0, 0.05) is 12.8 Å². The van der Waals surface area contributed by atoms with Gasteiger partial charge in [-0.2, -0.15) is 0 Å². The average Bonchev–Trinajstić information content (AvgIpc) is 3.30. The van der Waals surface area contributed by atoms with Crippen molar-refractivity contribution >= 4 is 17.9 Å². The van der Waals surface area contributed by atoms with Crippen molar-refractivity contribution in [2.75, 3.05) is 13.2 Å². The molecular weight excluding hydrogens is 805 g/mol. The van der Waals surface area contributed by atoms with Crippen LogP contribution in [0.2, 0.25) is 0 Å². The molecule has 0 spiro atoms. The molecule has 0 aromatic rings. The molecule has 1 unspecified atom stereocenters. The summed E-state index contributed by atoms with van der Waals surface area (Å²) in [5.41, 5.74) is 0. The topological polar surface area (TPSA) is 78.9 Å². The number of hydrogen-bond donors (Lipinski definition) is 0. The van der Waals surface area contributed by atoms with Crippen molar-refractivity contribution < 1.29 is 28.6 Å². The van der Waals surface area contributed by atoms with E-state index in [1.807, 2.05) is 30.4 Å². The van der Waals surface area contributed by atoms with E-state index in [2.05, 4.69) is 167 Å². The molecule has 0 aliphatic heterocycles. The molecule has 0 bridgehead atoms.